The van der Waals surface area contributed by atoms with Crippen molar-refractivity contribution in [1.29, 1.82) is 0 Å². The number of fused-ring (bicyclic) bond motifs is 1. The molecule has 13 nitrogen and oxygen atoms in total. The molecule has 200 valence electrons. The summed E-state index contributed by atoms with van der Waals surface area (Å²) in [6.07, 6.45) is 1.45. The number of thioether (sulfide) groups is 1. The number of pyridine rings is 1. The van der Waals surface area contributed by atoms with E-state index in [4.69, 9.17) is 25.7 Å². The summed E-state index contributed by atoms with van der Waals surface area (Å²) >= 11 is 1.01. The van der Waals surface area contributed by atoms with Gasteiger partial charge in [0.1, 0.15) is 5.03 Å². The minimum Gasteiger partial charge on any atom is -0.454 e. The molecule has 2 aromatic carbocycles. The van der Waals surface area contributed by atoms with Crippen LogP contribution in [0.3, 0.4) is 0 Å². The number of nitrogens with zero attached hydrogens (tertiary/aromatic N) is 1. The van der Waals surface area contributed by atoms with E-state index in [-0.39, 0.29) is 45.9 Å². The Bertz CT molecular complexity index is 1450. The van der Waals surface area contributed by atoms with Crippen molar-refractivity contribution < 1.29 is 38.2 Å². The van der Waals surface area contributed by atoms with Gasteiger partial charge in [-0.1, -0.05) is 11.8 Å². The number of amides is 4. The van der Waals surface area contributed by atoms with Crippen molar-refractivity contribution >= 4 is 52.7 Å². The fourth-order valence-electron chi connectivity index (χ4n) is 3.36. The Morgan fingerprint density at radius 1 is 0.872 bits per heavy atom. The van der Waals surface area contributed by atoms with E-state index < -0.39 is 30.3 Å². The smallest absolute Gasteiger partial charge is 0.341 e. The third-order valence-electron chi connectivity index (χ3n) is 5.11. The summed E-state index contributed by atoms with van der Waals surface area (Å²) in [7, 11) is 0. The van der Waals surface area contributed by atoms with Gasteiger partial charge in [0.25, 0.3) is 5.91 Å². The van der Waals surface area contributed by atoms with Crippen LogP contribution in [0.15, 0.2) is 59.8 Å². The molecule has 0 fully saturated rings. The van der Waals surface area contributed by atoms with Crippen LogP contribution in [-0.4, -0.2) is 53.7 Å². The lowest BCUT2D eigenvalue weighted by atomic mass is 10.1. The fraction of sp³-hybridized carbons (Fsp3) is 0.120. The SMILES string of the molecule is NC(=O)c1cc(NC(=O)COC(=O)c2cccnc2SCC(=O)Nc2ccc3c(c2)OCO3)cc(C(N)=O)c1. The number of benzene rings is 2. The van der Waals surface area contributed by atoms with Crippen LogP contribution in [0.2, 0.25) is 0 Å². The second kappa shape index (κ2) is 12.0. The Hall–Kier alpha value is -5.11. The maximum Gasteiger partial charge on any atom is 0.341 e. The Balaban J connectivity index is 1.32. The summed E-state index contributed by atoms with van der Waals surface area (Å²) in [5, 5.41) is 5.36. The van der Waals surface area contributed by atoms with Crippen LogP contribution < -0.4 is 31.6 Å². The lowest BCUT2D eigenvalue weighted by Gasteiger charge is -2.10. The molecular weight excluding hydrogens is 530 g/mol. The largest absolute Gasteiger partial charge is 0.454 e. The summed E-state index contributed by atoms with van der Waals surface area (Å²) in [6.45, 7) is -0.573. The van der Waals surface area contributed by atoms with Crippen molar-refractivity contribution in [2.75, 3.05) is 29.8 Å². The Kier molecular flexibility index (Phi) is 8.26. The molecule has 0 saturated heterocycles. The van der Waals surface area contributed by atoms with Crippen LogP contribution in [0.25, 0.3) is 0 Å². The van der Waals surface area contributed by atoms with E-state index in [1.807, 2.05) is 0 Å². The fourth-order valence-corrected chi connectivity index (χ4v) is 4.14. The predicted octanol–water partition coefficient (Wildman–Crippen LogP) is 1.53. The van der Waals surface area contributed by atoms with Crippen LogP contribution in [0.1, 0.15) is 31.1 Å². The molecule has 2 heterocycles. The van der Waals surface area contributed by atoms with Crippen LogP contribution in [0.4, 0.5) is 11.4 Å². The van der Waals surface area contributed by atoms with E-state index in [1.165, 1.54) is 36.5 Å². The van der Waals surface area contributed by atoms with Crippen molar-refractivity contribution in [3.05, 3.63) is 71.4 Å². The lowest BCUT2D eigenvalue weighted by molar-refractivity contribution is -0.119. The molecule has 3 aromatic rings. The van der Waals surface area contributed by atoms with Gasteiger partial charge in [-0.2, -0.15) is 0 Å². The maximum absolute atomic E-state index is 12.6. The molecular formula is C25H21N5O8S. The highest BCUT2D eigenvalue weighted by atomic mass is 32.2. The maximum atomic E-state index is 12.6. The van der Waals surface area contributed by atoms with Crippen molar-refractivity contribution in [3.8, 4) is 11.5 Å². The Morgan fingerprint density at radius 3 is 2.28 bits per heavy atom. The standard InChI is InChI=1S/C25H21N5O8S/c26-22(33)13-6-14(23(27)34)8-16(7-13)30-20(31)10-36-25(35)17-2-1-5-28-24(17)39-11-21(32)29-15-3-4-18-19(9-15)38-12-37-18/h1-9H,10-12H2,(H2,26,33)(H2,27,34)(H,29,32)(H,30,31). The number of carbonyl (C=O) groups is 5. The summed E-state index contributed by atoms with van der Waals surface area (Å²) in [5.41, 5.74) is 11.0. The van der Waals surface area contributed by atoms with Gasteiger partial charge in [0, 0.05) is 34.8 Å². The van der Waals surface area contributed by atoms with Crippen LogP contribution in [0, 0.1) is 0 Å². The van der Waals surface area contributed by atoms with Gasteiger partial charge in [0.15, 0.2) is 18.1 Å². The van der Waals surface area contributed by atoms with E-state index in [9.17, 15) is 24.0 Å². The van der Waals surface area contributed by atoms with Crippen LogP contribution in [-0.2, 0) is 14.3 Å². The number of rotatable bonds is 10. The van der Waals surface area contributed by atoms with Gasteiger partial charge >= 0.3 is 5.97 Å². The number of nitrogens with two attached hydrogens (primary N) is 2. The molecule has 0 saturated carbocycles. The molecule has 0 spiro atoms. The van der Waals surface area contributed by atoms with E-state index in [1.54, 1.807) is 18.2 Å². The van der Waals surface area contributed by atoms with Gasteiger partial charge in [-0.05, 0) is 42.5 Å². The topological polar surface area (TPSA) is 202 Å². The van der Waals surface area contributed by atoms with Gasteiger partial charge < -0.3 is 36.3 Å². The number of hydrogen-bond acceptors (Lipinski definition) is 10. The van der Waals surface area contributed by atoms with Crippen LogP contribution in [0.5, 0.6) is 11.5 Å². The average molecular weight is 552 g/mol. The number of esters is 1. The molecule has 0 unspecified atom stereocenters. The van der Waals surface area contributed by atoms with Crippen molar-refractivity contribution in [3.63, 3.8) is 0 Å². The van der Waals surface area contributed by atoms with Crippen molar-refractivity contribution in [1.82, 2.24) is 4.98 Å². The van der Waals surface area contributed by atoms with Gasteiger partial charge in [-0.15, -0.1) is 0 Å². The molecule has 0 radical (unpaired) electrons. The molecule has 6 N–H and O–H groups in total. The first-order valence-electron chi connectivity index (χ1n) is 11.2. The Morgan fingerprint density at radius 2 is 1.56 bits per heavy atom. The normalized spacial score (nSPS) is 11.4. The summed E-state index contributed by atoms with van der Waals surface area (Å²) in [5.74, 6) is -2.56. The van der Waals surface area contributed by atoms with Crippen molar-refractivity contribution in [2.24, 2.45) is 11.5 Å². The second-order valence-electron chi connectivity index (χ2n) is 7.91. The van der Waals surface area contributed by atoms with Gasteiger partial charge in [0.2, 0.25) is 24.5 Å². The molecule has 1 aliphatic rings. The molecule has 0 aliphatic carbocycles. The molecule has 1 aromatic heterocycles. The first-order chi connectivity index (χ1) is 18.7. The molecule has 4 rings (SSSR count). The third kappa shape index (κ3) is 7.01. The number of anilines is 2. The van der Waals surface area contributed by atoms with E-state index >= 15 is 0 Å². The second-order valence-corrected chi connectivity index (χ2v) is 8.88. The minimum absolute atomic E-state index is 0.0433. The molecule has 1 aliphatic heterocycles. The molecule has 14 heteroatoms. The number of ether oxygens (including phenoxy) is 3. The van der Waals surface area contributed by atoms with E-state index in [0.717, 1.165) is 11.8 Å². The first kappa shape index (κ1) is 26.9. The van der Waals surface area contributed by atoms with Crippen LogP contribution >= 0.6 is 11.8 Å². The molecule has 0 atom stereocenters. The van der Waals surface area contributed by atoms with E-state index in [2.05, 4.69) is 15.6 Å². The zero-order valence-electron chi connectivity index (χ0n) is 20.1. The highest BCUT2D eigenvalue weighted by Crippen LogP contribution is 2.34. The summed E-state index contributed by atoms with van der Waals surface area (Å²) in [6, 6.07) is 11.6. The predicted molar refractivity (Wildman–Crippen MR) is 139 cm³/mol. The Labute approximate surface area is 225 Å². The van der Waals surface area contributed by atoms with Crippen molar-refractivity contribution in [2.45, 2.75) is 5.03 Å². The molecule has 4 amide bonds. The minimum atomic E-state index is -0.847. The summed E-state index contributed by atoms with van der Waals surface area (Å²) < 4.78 is 15.6. The van der Waals surface area contributed by atoms with E-state index in [0.29, 0.717) is 17.2 Å². The average Bonchev–Trinajstić information content (AvgIpc) is 3.38. The van der Waals surface area contributed by atoms with Gasteiger partial charge in [0.05, 0.1) is 11.3 Å². The number of hydrogen-bond donors (Lipinski definition) is 4. The zero-order valence-corrected chi connectivity index (χ0v) is 20.9. The zero-order chi connectivity index (χ0) is 27.9. The number of carbonyl (C=O) groups excluding carboxylic acids is 5. The number of nitrogens with one attached hydrogen (secondary N) is 2. The molecule has 0 bridgehead atoms. The van der Waals surface area contributed by atoms with Gasteiger partial charge in [-0.3, -0.25) is 19.2 Å². The highest BCUT2D eigenvalue weighted by Gasteiger charge is 2.19. The third-order valence-corrected chi connectivity index (χ3v) is 6.11. The monoisotopic (exact) mass is 551 g/mol. The number of aromatic nitrogens is 1. The summed E-state index contributed by atoms with van der Waals surface area (Å²) in [4.78, 5) is 64.5. The van der Waals surface area contributed by atoms with Gasteiger partial charge in [-0.25, -0.2) is 9.78 Å². The first-order valence-corrected chi connectivity index (χ1v) is 12.2. The quantitative estimate of drug-likeness (QED) is 0.211. The molecule has 39 heavy (non-hydrogen) atoms. The number of primary amides is 2. The lowest BCUT2D eigenvalue weighted by Crippen LogP contribution is -2.22. The highest BCUT2D eigenvalue weighted by molar-refractivity contribution is 8.00.